The van der Waals surface area contributed by atoms with Gasteiger partial charge in [-0.05, 0) is 103 Å². The van der Waals surface area contributed by atoms with Crippen LogP contribution >= 0.6 is 15.6 Å². The standard InChI is InChI=1S/C71H122O16P2/c1-4-7-10-13-16-19-22-24-26-28-29-30-31-32-33-34-35-37-39-40-43-45-48-51-54-57-69(74)81-60-66(72)61-83-88(77,78)84-62-67(73)63-85-89(79,80)86-65-68(87-71(76)59-56-53-50-47-42-21-18-15-12-9-6-3)64-82-70(75)58-55-52-49-46-44-41-38-36-27-25-23-20-17-14-11-8-5-2/h7-8,10-11,16-17,19-20,24-27,29-30,32-33,38,41,66-68,72-73H,4-6,9,12-15,18,21-23,28,31,34-37,39-40,42-65H2,1-3H3,(H,77,78)(H,79,80)/b10-7-,11-8-,19-16-,20-17-,26-24-,27-25-,30-29-,33-32-,41-38-. The molecule has 0 aromatic rings. The lowest BCUT2D eigenvalue weighted by molar-refractivity contribution is -0.161. The highest BCUT2D eigenvalue weighted by Gasteiger charge is 2.29. The average molecular weight is 1290 g/mol. The number of phosphoric acid groups is 2. The number of esters is 3. The lowest BCUT2D eigenvalue weighted by Crippen LogP contribution is -2.30. The molecule has 0 aromatic carbocycles. The molecule has 0 fully saturated rings. The Kier molecular flexibility index (Phi) is 61.6. The van der Waals surface area contributed by atoms with Gasteiger partial charge in [-0.2, -0.15) is 0 Å². The summed E-state index contributed by atoms with van der Waals surface area (Å²) in [6.07, 6.45) is 71.5. The lowest BCUT2D eigenvalue weighted by atomic mass is 10.1. The Hall–Kier alpha value is -3.79. The van der Waals surface area contributed by atoms with Crippen LogP contribution in [-0.4, -0.2) is 95.9 Å². The fourth-order valence-corrected chi connectivity index (χ4v) is 10.4. The number of aliphatic hydroxyl groups is 2. The highest BCUT2D eigenvalue weighted by Crippen LogP contribution is 2.45. The molecule has 4 N–H and O–H groups in total. The summed E-state index contributed by atoms with van der Waals surface area (Å²) in [5.41, 5.74) is 0. The number of ether oxygens (including phenoxy) is 3. The van der Waals surface area contributed by atoms with E-state index < -0.39 is 91.5 Å². The molecule has 16 nitrogen and oxygen atoms in total. The van der Waals surface area contributed by atoms with Gasteiger partial charge in [0.2, 0.25) is 0 Å². The van der Waals surface area contributed by atoms with Crippen molar-refractivity contribution in [1.82, 2.24) is 0 Å². The number of unbranched alkanes of at least 4 members (excludes halogenated alkanes) is 23. The van der Waals surface area contributed by atoms with Crippen molar-refractivity contribution in [3.63, 3.8) is 0 Å². The summed E-state index contributed by atoms with van der Waals surface area (Å²) in [6.45, 7) is 2.39. The highest BCUT2D eigenvalue weighted by atomic mass is 31.2. The van der Waals surface area contributed by atoms with E-state index in [1.54, 1.807) is 0 Å². The van der Waals surface area contributed by atoms with Crippen LogP contribution in [0.25, 0.3) is 0 Å². The Labute approximate surface area is 539 Å². The van der Waals surface area contributed by atoms with Crippen molar-refractivity contribution >= 4 is 33.6 Å². The first-order valence-corrected chi connectivity index (χ1v) is 37.2. The minimum atomic E-state index is -4.92. The normalized spacial score (nSPS) is 14.9. The van der Waals surface area contributed by atoms with E-state index in [-0.39, 0.29) is 19.3 Å². The Bertz CT molecular complexity index is 2060. The summed E-state index contributed by atoms with van der Waals surface area (Å²) in [5.74, 6) is -1.61. The number of carbonyl (C=O) groups excluding carboxylic acids is 3. The number of hydrogen-bond donors (Lipinski definition) is 4. The molecule has 18 heteroatoms. The van der Waals surface area contributed by atoms with Crippen LogP contribution < -0.4 is 0 Å². The second-order valence-corrected chi connectivity index (χ2v) is 25.5. The third-order valence-electron chi connectivity index (χ3n) is 14.0. The van der Waals surface area contributed by atoms with Crippen molar-refractivity contribution in [2.24, 2.45) is 0 Å². The molecule has 0 bridgehead atoms. The van der Waals surface area contributed by atoms with Crippen molar-refractivity contribution in [2.75, 3.05) is 39.6 Å². The number of allylic oxidation sites excluding steroid dienone is 18. The molecule has 5 atom stereocenters. The van der Waals surface area contributed by atoms with Gasteiger partial charge in [0, 0.05) is 19.3 Å². The van der Waals surface area contributed by atoms with Crippen LogP contribution in [0.5, 0.6) is 0 Å². The summed E-state index contributed by atoms with van der Waals surface area (Å²) in [6, 6.07) is 0. The van der Waals surface area contributed by atoms with Gasteiger partial charge in [0.1, 0.15) is 25.4 Å². The largest absolute Gasteiger partial charge is 0.472 e. The van der Waals surface area contributed by atoms with Gasteiger partial charge in [-0.1, -0.05) is 252 Å². The molecule has 0 radical (unpaired) electrons. The van der Waals surface area contributed by atoms with E-state index in [0.29, 0.717) is 19.3 Å². The second kappa shape index (κ2) is 64.3. The second-order valence-electron chi connectivity index (χ2n) is 22.6. The lowest BCUT2D eigenvalue weighted by Gasteiger charge is -2.21. The molecule has 512 valence electrons. The molecule has 0 amide bonds. The van der Waals surface area contributed by atoms with Gasteiger partial charge >= 0.3 is 33.6 Å². The molecule has 0 heterocycles. The number of phosphoric ester groups is 2. The molecule has 0 spiro atoms. The van der Waals surface area contributed by atoms with Crippen LogP contribution in [0.3, 0.4) is 0 Å². The topological polar surface area (TPSA) is 231 Å². The maximum absolute atomic E-state index is 12.9. The quantitative estimate of drug-likeness (QED) is 0.0146. The van der Waals surface area contributed by atoms with Gasteiger partial charge in [0.15, 0.2) is 6.10 Å². The zero-order chi connectivity index (χ0) is 65.3. The fraction of sp³-hybridized carbons (Fsp3) is 0.704. The first-order valence-electron chi connectivity index (χ1n) is 34.2. The molecule has 0 saturated heterocycles. The van der Waals surface area contributed by atoms with E-state index in [1.807, 2.05) is 0 Å². The van der Waals surface area contributed by atoms with Crippen LogP contribution in [0.15, 0.2) is 109 Å². The Morgan fingerprint density at radius 2 is 0.596 bits per heavy atom. The number of carbonyl (C=O) groups is 3. The molecule has 5 unspecified atom stereocenters. The number of aliphatic hydroxyl groups excluding tert-OH is 2. The molecule has 0 aromatic heterocycles. The molecule has 89 heavy (non-hydrogen) atoms. The van der Waals surface area contributed by atoms with E-state index in [1.165, 1.54) is 64.2 Å². The van der Waals surface area contributed by atoms with E-state index in [4.69, 9.17) is 32.3 Å². The summed E-state index contributed by atoms with van der Waals surface area (Å²) in [4.78, 5) is 58.3. The molecule has 0 aliphatic rings. The van der Waals surface area contributed by atoms with Crippen LogP contribution in [0.1, 0.15) is 265 Å². The smallest absolute Gasteiger partial charge is 0.463 e. The number of hydrogen-bond acceptors (Lipinski definition) is 14. The average Bonchev–Trinajstić information content (AvgIpc) is 3.52. The van der Waals surface area contributed by atoms with Crippen LogP contribution in [0, 0.1) is 0 Å². The molecule has 0 saturated carbocycles. The van der Waals surface area contributed by atoms with Crippen molar-refractivity contribution in [1.29, 1.82) is 0 Å². The molecule has 0 aliphatic heterocycles. The summed E-state index contributed by atoms with van der Waals surface area (Å²) in [5, 5.41) is 20.5. The predicted octanol–water partition coefficient (Wildman–Crippen LogP) is 18.9. The van der Waals surface area contributed by atoms with Gasteiger partial charge in [0.25, 0.3) is 0 Å². The zero-order valence-electron chi connectivity index (χ0n) is 55.3. The summed E-state index contributed by atoms with van der Waals surface area (Å²) in [7, 11) is -9.78. The van der Waals surface area contributed by atoms with Gasteiger partial charge in [-0.3, -0.25) is 32.5 Å². The highest BCUT2D eigenvalue weighted by molar-refractivity contribution is 7.47. The maximum atomic E-state index is 12.9. The first kappa shape index (κ1) is 85.2. The van der Waals surface area contributed by atoms with E-state index in [9.17, 15) is 43.5 Å². The fourth-order valence-electron chi connectivity index (χ4n) is 8.82. The third-order valence-corrected chi connectivity index (χ3v) is 15.9. The Balaban J connectivity index is 4.53. The van der Waals surface area contributed by atoms with E-state index in [0.717, 1.165) is 141 Å². The van der Waals surface area contributed by atoms with Crippen molar-refractivity contribution in [3.05, 3.63) is 109 Å². The van der Waals surface area contributed by atoms with Crippen molar-refractivity contribution in [3.8, 4) is 0 Å². The van der Waals surface area contributed by atoms with Crippen LogP contribution in [0.4, 0.5) is 0 Å². The summed E-state index contributed by atoms with van der Waals surface area (Å²) >= 11 is 0. The van der Waals surface area contributed by atoms with Crippen LogP contribution in [-0.2, 0) is 55.8 Å². The summed E-state index contributed by atoms with van der Waals surface area (Å²) < 4.78 is 60.8. The minimum absolute atomic E-state index is 0.0999. The maximum Gasteiger partial charge on any atom is 0.472 e. The monoisotopic (exact) mass is 1290 g/mol. The van der Waals surface area contributed by atoms with E-state index in [2.05, 4.69) is 130 Å². The SMILES string of the molecule is CC/C=C\C/C=C\C/C=C\C/C=C\C/C=C\CCCCCCCCCCCC(=O)OCC(O)COP(=O)(O)OCC(O)COP(=O)(O)OCC(COC(=O)CCCCCC/C=C\C/C=C\C/C=C\C/C=C\CC)OC(=O)CCCCCCCCCCCCC. The molecular weight excluding hydrogens is 1170 g/mol. The molecular formula is C71H122O16P2. The minimum Gasteiger partial charge on any atom is -0.463 e. The van der Waals surface area contributed by atoms with Gasteiger partial charge in [-0.25, -0.2) is 9.13 Å². The van der Waals surface area contributed by atoms with Gasteiger partial charge < -0.3 is 34.2 Å². The Morgan fingerprint density at radius 1 is 0.326 bits per heavy atom. The predicted molar refractivity (Wildman–Crippen MR) is 362 cm³/mol. The first-order chi connectivity index (χ1) is 43.2. The van der Waals surface area contributed by atoms with Crippen molar-refractivity contribution in [2.45, 2.75) is 283 Å². The molecule has 0 aliphatic carbocycles. The third kappa shape index (κ3) is 65.5. The number of rotatable bonds is 64. The van der Waals surface area contributed by atoms with Gasteiger partial charge in [0.05, 0.1) is 26.4 Å². The van der Waals surface area contributed by atoms with Gasteiger partial charge in [-0.15, -0.1) is 0 Å². The Morgan fingerprint density at radius 3 is 0.944 bits per heavy atom. The molecule has 0 rings (SSSR count). The van der Waals surface area contributed by atoms with Crippen molar-refractivity contribution < 1.29 is 75.8 Å². The van der Waals surface area contributed by atoms with Crippen LogP contribution in [0.2, 0.25) is 0 Å². The van der Waals surface area contributed by atoms with E-state index >= 15 is 0 Å². The zero-order valence-corrected chi connectivity index (χ0v) is 57.1.